The molecule has 0 nitrogen and oxygen atoms in total. The third-order valence-corrected chi connectivity index (χ3v) is 2.37. The van der Waals surface area contributed by atoms with Crippen LogP contribution in [0.15, 0.2) is 0 Å². The van der Waals surface area contributed by atoms with Crippen LogP contribution in [0.25, 0.3) is 0 Å². The first-order valence-electron chi connectivity index (χ1n) is 3.54. The molecule has 0 bridgehead atoms. The summed E-state index contributed by atoms with van der Waals surface area (Å²) in [5.74, 6) is -3.37. The Hall–Kier alpha value is -0.630. The first kappa shape index (κ1) is 12.4. The van der Waals surface area contributed by atoms with Gasteiger partial charge in [-0.05, 0) is 6.42 Å². The predicted octanol–water partition coefficient (Wildman–Crippen LogP) is 3.68. The van der Waals surface area contributed by atoms with Crippen molar-refractivity contribution in [2.45, 2.75) is 24.9 Å². The van der Waals surface area contributed by atoms with Gasteiger partial charge in [-0.15, -0.1) is 0 Å². The van der Waals surface area contributed by atoms with Gasteiger partial charge in [0.15, 0.2) is 5.41 Å². The van der Waals surface area contributed by atoms with Gasteiger partial charge in [-0.1, -0.05) is 0 Å². The van der Waals surface area contributed by atoms with Crippen molar-refractivity contribution in [3.63, 3.8) is 0 Å². The minimum Gasteiger partial charge on any atom is -0.171 e. The molecule has 1 atom stereocenters. The Labute approximate surface area is 77.0 Å². The lowest BCUT2D eigenvalue weighted by Gasteiger charge is -2.24. The van der Waals surface area contributed by atoms with Crippen molar-refractivity contribution in [1.29, 1.82) is 0 Å². The molecular formula is C6H3F9. The van der Waals surface area contributed by atoms with Crippen molar-refractivity contribution in [3.05, 3.63) is 0 Å². The van der Waals surface area contributed by atoms with Crippen LogP contribution in [-0.4, -0.2) is 18.5 Å². The van der Waals surface area contributed by atoms with E-state index in [4.69, 9.17) is 0 Å². The van der Waals surface area contributed by atoms with Gasteiger partial charge in [0.2, 0.25) is 0 Å². The van der Waals surface area contributed by atoms with Crippen LogP contribution < -0.4 is 0 Å². The van der Waals surface area contributed by atoms with E-state index in [1.165, 1.54) is 0 Å². The highest BCUT2D eigenvalue weighted by Crippen LogP contribution is 2.73. The molecule has 15 heavy (non-hydrogen) atoms. The first-order chi connectivity index (χ1) is 6.34. The molecule has 0 spiro atoms. The van der Waals surface area contributed by atoms with E-state index in [0.717, 1.165) is 0 Å². The highest BCUT2D eigenvalue weighted by Gasteiger charge is 2.88. The molecule has 0 heterocycles. The fourth-order valence-corrected chi connectivity index (χ4v) is 1.45. The summed E-state index contributed by atoms with van der Waals surface area (Å²) in [4.78, 5) is 0. The molecule has 0 radical (unpaired) electrons. The van der Waals surface area contributed by atoms with Crippen molar-refractivity contribution in [1.82, 2.24) is 0 Å². The molecule has 0 aromatic carbocycles. The zero-order valence-electron chi connectivity index (χ0n) is 6.69. The molecule has 1 aliphatic carbocycles. The van der Waals surface area contributed by atoms with Crippen molar-refractivity contribution >= 4 is 0 Å². The van der Waals surface area contributed by atoms with Crippen molar-refractivity contribution in [2.24, 2.45) is 11.3 Å². The lowest BCUT2D eigenvalue weighted by atomic mass is 10.0. The van der Waals surface area contributed by atoms with E-state index in [0.29, 0.717) is 0 Å². The second-order valence-electron chi connectivity index (χ2n) is 3.27. The minimum atomic E-state index is -5.93. The monoisotopic (exact) mass is 246 g/mol. The summed E-state index contributed by atoms with van der Waals surface area (Å²) >= 11 is 0. The Kier molecular flexibility index (Phi) is 2.26. The molecule has 1 saturated carbocycles. The Bertz CT molecular complexity index is 239. The SMILES string of the molecule is FC(F)(F)C1CC1(C(F)(F)F)C(F)(F)F. The summed E-state index contributed by atoms with van der Waals surface area (Å²) < 4.78 is 107. The summed E-state index contributed by atoms with van der Waals surface area (Å²) in [7, 11) is 0. The fraction of sp³-hybridized carbons (Fsp3) is 1.00. The molecule has 0 saturated heterocycles. The number of hydrogen-bond donors (Lipinski definition) is 0. The summed E-state index contributed by atoms with van der Waals surface area (Å²) in [6.07, 6.45) is -19.3. The van der Waals surface area contributed by atoms with Gasteiger partial charge in [0.25, 0.3) is 0 Å². The van der Waals surface area contributed by atoms with Crippen molar-refractivity contribution < 1.29 is 39.5 Å². The smallest absolute Gasteiger partial charge is 0.171 e. The van der Waals surface area contributed by atoms with Gasteiger partial charge in [0, 0.05) is 0 Å². The van der Waals surface area contributed by atoms with Crippen LogP contribution in [0.5, 0.6) is 0 Å². The Morgan fingerprint density at radius 3 is 1.13 bits per heavy atom. The van der Waals surface area contributed by atoms with Crippen molar-refractivity contribution in [2.75, 3.05) is 0 Å². The summed E-state index contributed by atoms with van der Waals surface area (Å²) in [6.45, 7) is 0. The molecule has 0 N–H and O–H groups in total. The van der Waals surface area contributed by atoms with Crippen LogP contribution in [0.2, 0.25) is 0 Å². The average molecular weight is 246 g/mol. The zero-order chi connectivity index (χ0) is 12.3. The first-order valence-corrected chi connectivity index (χ1v) is 3.54. The summed E-state index contributed by atoms with van der Waals surface area (Å²) in [6, 6.07) is 0. The maximum atomic E-state index is 12.0. The third-order valence-electron chi connectivity index (χ3n) is 2.37. The second-order valence-corrected chi connectivity index (χ2v) is 3.27. The average Bonchev–Trinajstić information content (AvgIpc) is 2.51. The zero-order valence-corrected chi connectivity index (χ0v) is 6.69. The molecule has 1 aliphatic rings. The Morgan fingerprint density at radius 2 is 1.07 bits per heavy atom. The highest BCUT2D eigenvalue weighted by atomic mass is 19.4. The third kappa shape index (κ3) is 1.65. The van der Waals surface area contributed by atoms with E-state index >= 15 is 0 Å². The number of alkyl halides is 9. The maximum Gasteiger partial charge on any atom is 0.403 e. The standard InChI is InChI=1S/C6H3F9/c7-4(8,9)2-1-3(2,5(10,11)12)6(13,14)15/h2H,1H2. The Balaban J connectivity index is 3.08. The minimum absolute atomic E-state index is 1.97. The van der Waals surface area contributed by atoms with Crippen LogP contribution in [0.3, 0.4) is 0 Å². The molecule has 0 aromatic heterocycles. The maximum absolute atomic E-state index is 12.0. The highest BCUT2D eigenvalue weighted by molar-refractivity contribution is 5.14. The molecule has 90 valence electrons. The van der Waals surface area contributed by atoms with Gasteiger partial charge in [0.05, 0.1) is 5.92 Å². The molecule has 0 aromatic rings. The normalized spacial score (nSPS) is 26.6. The summed E-state index contributed by atoms with van der Waals surface area (Å²) in [5, 5.41) is 0. The van der Waals surface area contributed by atoms with E-state index in [1.54, 1.807) is 0 Å². The molecule has 1 fully saturated rings. The van der Waals surface area contributed by atoms with Gasteiger partial charge >= 0.3 is 18.5 Å². The van der Waals surface area contributed by atoms with Crippen LogP contribution in [0, 0.1) is 11.3 Å². The van der Waals surface area contributed by atoms with Gasteiger partial charge in [-0.25, -0.2) is 0 Å². The Morgan fingerprint density at radius 1 is 0.733 bits per heavy atom. The number of halogens is 9. The summed E-state index contributed by atoms with van der Waals surface area (Å²) in [5.41, 5.74) is -4.60. The van der Waals surface area contributed by atoms with Gasteiger partial charge in [-0.3, -0.25) is 0 Å². The van der Waals surface area contributed by atoms with E-state index in [-0.39, 0.29) is 0 Å². The van der Waals surface area contributed by atoms with Crippen LogP contribution >= 0.6 is 0 Å². The van der Waals surface area contributed by atoms with E-state index in [1.807, 2.05) is 0 Å². The second kappa shape index (κ2) is 2.73. The lowest BCUT2D eigenvalue weighted by molar-refractivity contribution is -0.320. The van der Waals surface area contributed by atoms with E-state index < -0.39 is 36.3 Å². The van der Waals surface area contributed by atoms with Gasteiger partial charge < -0.3 is 0 Å². The lowest BCUT2D eigenvalue weighted by Crippen LogP contribution is -2.42. The van der Waals surface area contributed by atoms with E-state index in [9.17, 15) is 39.5 Å². The van der Waals surface area contributed by atoms with Crippen LogP contribution in [0.1, 0.15) is 6.42 Å². The largest absolute Gasteiger partial charge is 0.403 e. The van der Waals surface area contributed by atoms with E-state index in [2.05, 4.69) is 0 Å². The predicted molar refractivity (Wildman–Crippen MR) is 28.7 cm³/mol. The molecule has 0 amide bonds. The number of rotatable bonds is 0. The molecule has 1 rings (SSSR count). The fourth-order valence-electron chi connectivity index (χ4n) is 1.45. The van der Waals surface area contributed by atoms with Gasteiger partial charge in [0.1, 0.15) is 0 Å². The number of hydrogen-bond acceptors (Lipinski definition) is 0. The quantitative estimate of drug-likeness (QED) is 0.572. The molecule has 0 aliphatic heterocycles. The van der Waals surface area contributed by atoms with Crippen molar-refractivity contribution in [3.8, 4) is 0 Å². The van der Waals surface area contributed by atoms with Crippen LogP contribution in [-0.2, 0) is 0 Å². The molecular weight excluding hydrogens is 243 g/mol. The van der Waals surface area contributed by atoms with Gasteiger partial charge in [-0.2, -0.15) is 39.5 Å². The topological polar surface area (TPSA) is 0 Å². The molecule has 1 unspecified atom stereocenters. The molecule has 9 heteroatoms. The van der Waals surface area contributed by atoms with Crippen LogP contribution in [0.4, 0.5) is 39.5 Å².